The number of carbonyl (C=O) groups is 1. The van der Waals surface area contributed by atoms with Crippen molar-refractivity contribution < 1.29 is 9.90 Å². The number of pyridine rings is 1. The maximum Gasteiger partial charge on any atom is 0.337 e. The molecule has 0 spiro atoms. The first-order chi connectivity index (χ1) is 6.43. The Balaban J connectivity index is 3.39. The van der Waals surface area contributed by atoms with Gasteiger partial charge in [0.05, 0.1) is 17.0 Å². The van der Waals surface area contributed by atoms with Crippen LogP contribution in [-0.2, 0) is 0 Å². The summed E-state index contributed by atoms with van der Waals surface area (Å²) in [6.45, 7) is 1.81. The summed E-state index contributed by atoms with van der Waals surface area (Å²) in [7, 11) is 0. The van der Waals surface area contributed by atoms with E-state index in [1.807, 2.05) is 6.92 Å². The highest BCUT2D eigenvalue weighted by atomic mass is 79.9. The highest BCUT2D eigenvalue weighted by molar-refractivity contribution is 9.24. The van der Waals surface area contributed by atoms with Gasteiger partial charge in [0.2, 0.25) is 0 Å². The first-order valence-corrected chi connectivity index (χ1v) is 6.24. The molecule has 6 heteroatoms. The van der Waals surface area contributed by atoms with Gasteiger partial charge in [0.25, 0.3) is 0 Å². The lowest BCUT2D eigenvalue weighted by atomic mass is 10.2. The van der Waals surface area contributed by atoms with E-state index in [1.165, 1.54) is 0 Å². The lowest BCUT2D eigenvalue weighted by Gasteiger charge is -2.08. The molecule has 0 saturated carbocycles. The zero-order valence-electron chi connectivity index (χ0n) is 7.09. The number of alkyl halides is 2. The molecule has 0 unspecified atom stereocenters. The number of nitrogens with zero attached hydrogens (tertiary/aromatic N) is 1. The monoisotopic (exact) mass is 385 g/mol. The predicted molar refractivity (Wildman–Crippen MR) is 64.2 cm³/mol. The summed E-state index contributed by atoms with van der Waals surface area (Å²) in [5, 5.41) is 8.93. The molecule has 3 nitrogen and oxygen atoms in total. The molecular formula is C8H6Br3NO2. The van der Waals surface area contributed by atoms with Gasteiger partial charge < -0.3 is 5.11 Å². The molecule has 76 valence electrons. The second kappa shape index (κ2) is 4.72. The molecule has 1 rings (SSSR count). The van der Waals surface area contributed by atoms with Crippen LogP contribution in [0.3, 0.4) is 0 Å². The van der Waals surface area contributed by atoms with Crippen LogP contribution in [0.2, 0.25) is 0 Å². The molecule has 1 N–H and O–H groups in total. The Kier molecular flexibility index (Phi) is 4.09. The minimum Gasteiger partial charge on any atom is -0.478 e. The van der Waals surface area contributed by atoms with Gasteiger partial charge >= 0.3 is 5.97 Å². The highest BCUT2D eigenvalue weighted by Gasteiger charge is 2.18. The number of aromatic nitrogens is 1. The van der Waals surface area contributed by atoms with Gasteiger partial charge in [0.15, 0.2) is 0 Å². The number of aromatic carboxylic acids is 1. The van der Waals surface area contributed by atoms with Gasteiger partial charge in [0, 0.05) is 4.47 Å². The average Bonchev–Trinajstić information content (AvgIpc) is 2.08. The summed E-state index contributed by atoms with van der Waals surface area (Å²) in [5.41, 5.74) is 1.41. The summed E-state index contributed by atoms with van der Waals surface area (Å²) in [4.78, 5) is 15.1. The fourth-order valence-electron chi connectivity index (χ4n) is 0.937. The number of carboxylic acids is 1. The minimum atomic E-state index is -0.989. The van der Waals surface area contributed by atoms with Crippen molar-refractivity contribution in [3.8, 4) is 0 Å². The first-order valence-electron chi connectivity index (χ1n) is 3.62. The summed E-state index contributed by atoms with van der Waals surface area (Å²) < 4.78 is 0.437. The number of hydrogen-bond acceptors (Lipinski definition) is 2. The Bertz CT molecular complexity index is 379. The minimum absolute atomic E-state index is 0.182. The third-order valence-electron chi connectivity index (χ3n) is 1.62. The van der Waals surface area contributed by atoms with Crippen molar-refractivity contribution in [3.05, 3.63) is 27.5 Å². The van der Waals surface area contributed by atoms with Crippen LogP contribution < -0.4 is 0 Å². The standard InChI is InChI=1S/C8H6Br3NO2/c1-3-5(9)2-4(8(13)14)6(12-3)7(10)11/h2,7H,1H3,(H,13,14). The normalized spacial score (nSPS) is 10.6. The Morgan fingerprint density at radius 3 is 2.57 bits per heavy atom. The Labute approximate surface area is 106 Å². The third-order valence-corrected chi connectivity index (χ3v) is 3.29. The maximum absolute atomic E-state index is 10.9. The van der Waals surface area contributed by atoms with Crippen LogP contribution in [0.25, 0.3) is 0 Å². The highest BCUT2D eigenvalue weighted by Crippen LogP contribution is 2.32. The molecule has 0 radical (unpaired) electrons. The molecule has 0 aliphatic carbocycles. The molecule has 1 heterocycles. The molecule has 14 heavy (non-hydrogen) atoms. The number of aryl methyl sites for hydroxylation is 1. The zero-order valence-corrected chi connectivity index (χ0v) is 11.8. The fraction of sp³-hybridized carbons (Fsp3) is 0.250. The SMILES string of the molecule is Cc1nc(C(Br)Br)c(C(=O)O)cc1Br. The van der Waals surface area contributed by atoms with E-state index < -0.39 is 5.97 Å². The van der Waals surface area contributed by atoms with E-state index in [2.05, 4.69) is 52.8 Å². The lowest BCUT2D eigenvalue weighted by Crippen LogP contribution is -2.06. The van der Waals surface area contributed by atoms with E-state index in [4.69, 9.17) is 5.11 Å². The van der Waals surface area contributed by atoms with Crippen LogP contribution in [-0.4, -0.2) is 16.1 Å². The van der Waals surface area contributed by atoms with Gasteiger partial charge in [0.1, 0.15) is 3.74 Å². The average molecular weight is 388 g/mol. The van der Waals surface area contributed by atoms with Gasteiger partial charge in [-0.15, -0.1) is 0 Å². The molecule has 0 atom stereocenters. The van der Waals surface area contributed by atoms with Crippen molar-refractivity contribution in [2.24, 2.45) is 0 Å². The second-order valence-corrected chi connectivity index (χ2v) is 6.51. The molecule has 0 bridgehead atoms. The summed E-state index contributed by atoms with van der Waals surface area (Å²) in [5.74, 6) is -0.989. The topological polar surface area (TPSA) is 50.2 Å². The first kappa shape index (κ1) is 12.1. The van der Waals surface area contributed by atoms with E-state index in [9.17, 15) is 4.79 Å². The van der Waals surface area contributed by atoms with Crippen molar-refractivity contribution in [2.75, 3.05) is 0 Å². The quantitative estimate of drug-likeness (QED) is 0.788. The van der Waals surface area contributed by atoms with Crippen LogP contribution >= 0.6 is 47.8 Å². The molecule has 0 amide bonds. The number of halogens is 3. The molecule has 1 aromatic rings. The molecular weight excluding hydrogens is 382 g/mol. The Morgan fingerprint density at radius 1 is 1.57 bits per heavy atom. The van der Waals surface area contributed by atoms with Gasteiger partial charge in [-0.25, -0.2) is 4.79 Å². The molecule has 0 aliphatic heterocycles. The summed E-state index contributed by atoms with van der Waals surface area (Å²) in [6, 6.07) is 1.55. The third kappa shape index (κ3) is 2.55. The second-order valence-electron chi connectivity index (χ2n) is 2.59. The number of rotatable bonds is 2. The Morgan fingerprint density at radius 2 is 2.14 bits per heavy atom. The van der Waals surface area contributed by atoms with Crippen LogP contribution in [0.4, 0.5) is 0 Å². The van der Waals surface area contributed by atoms with Crippen LogP contribution in [0, 0.1) is 6.92 Å². The van der Waals surface area contributed by atoms with Crippen molar-refractivity contribution in [2.45, 2.75) is 10.7 Å². The smallest absolute Gasteiger partial charge is 0.337 e. The van der Waals surface area contributed by atoms with Crippen molar-refractivity contribution in [3.63, 3.8) is 0 Å². The summed E-state index contributed by atoms with van der Waals surface area (Å²) >= 11 is 9.71. The predicted octanol–water partition coefficient (Wildman–Crippen LogP) is 3.64. The van der Waals surface area contributed by atoms with Crippen LogP contribution in [0.1, 0.15) is 25.5 Å². The van der Waals surface area contributed by atoms with E-state index in [1.54, 1.807) is 6.07 Å². The Hall–Kier alpha value is 0.0600. The van der Waals surface area contributed by atoms with Crippen molar-refractivity contribution in [1.82, 2.24) is 4.98 Å². The van der Waals surface area contributed by atoms with E-state index in [-0.39, 0.29) is 9.30 Å². The molecule has 0 saturated heterocycles. The summed E-state index contributed by atoms with van der Waals surface area (Å²) in [6.07, 6.45) is 0. The van der Waals surface area contributed by atoms with Gasteiger partial charge in [-0.1, -0.05) is 31.9 Å². The fourth-order valence-corrected chi connectivity index (χ4v) is 1.95. The van der Waals surface area contributed by atoms with Gasteiger partial charge in [-0.05, 0) is 28.9 Å². The van der Waals surface area contributed by atoms with E-state index in [0.717, 1.165) is 5.69 Å². The number of hydrogen-bond donors (Lipinski definition) is 1. The van der Waals surface area contributed by atoms with E-state index >= 15 is 0 Å². The maximum atomic E-state index is 10.9. The van der Waals surface area contributed by atoms with Crippen LogP contribution in [0.15, 0.2) is 10.5 Å². The van der Waals surface area contributed by atoms with Crippen LogP contribution in [0.5, 0.6) is 0 Å². The molecule has 1 aromatic heterocycles. The molecule has 0 aromatic carbocycles. The van der Waals surface area contributed by atoms with E-state index in [0.29, 0.717) is 10.2 Å². The number of carboxylic acid groups (broad SMARTS) is 1. The lowest BCUT2D eigenvalue weighted by molar-refractivity contribution is 0.0695. The molecule has 0 fully saturated rings. The largest absolute Gasteiger partial charge is 0.478 e. The van der Waals surface area contributed by atoms with Crippen molar-refractivity contribution in [1.29, 1.82) is 0 Å². The van der Waals surface area contributed by atoms with Gasteiger partial charge in [-0.2, -0.15) is 0 Å². The van der Waals surface area contributed by atoms with Gasteiger partial charge in [-0.3, -0.25) is 4.98 Å². The molecule has 0 aliphatic rings. The van der Waals surface area contributed by atoms with Crippen molar-refractivity contribution >= 4 is 53.8 Å². The zero-order chi connectivity index (χ0) is 10.9.